The summed E-state index contributed by atoms with van der Waals surface area (Å²) in [6.45, 7) is 1.71. The highest BCUT2D eigenvalue weighted by Crippen LogP contribution is 2.25. The van der Waals surface area contributed by atoms with E-state index in [1.165, 1.54) is 44.6 Å². The minimum absolute atomic E-state index is 0.258. The van der Waals surface area contributed by atoms with E-state index in [4.69, 9.17) is 11.6 Å². The molecule has 0 heterocycles. The van der Waals surface area contributed by atoms with E-state index in [2.05, 4.69) is 5.32 Å². The molecule has 0 radical (unpaired) electrons. The third-order valence-corrected chi connectivity index (χ3v) is 3.92. The Morgan fingerprint density at radius 3 is 2.67 bits per heavy atom. The third kappa shape index (κ3) is 4.58. The molecule has 0 unspecified atom stereocenters. The maximum atomic E-state index is 13.1. The lowest BCUT2D eigenvalue weighted by Gasteiger charge is -2.21. The predicted molar refractivity (Wildman–Crippen MR) is 74.3 cm³/mol. The van der Waals surface area contributed by atoms with Gasteiger partial charge in [-0.3, -0.25) is 0 Å². The maximum absolute atomic E-state index is 13.1. The molecule has 0 aromatic heterocycles. The minimum atomic E-state index is -0.258. The molecular weight excluding hydrogens is 249 g/mol. The number of halogens is 2. The topological polar surface area (TPSA) is 12.0 Å². The summed E-state index contributed by atoms with van der Waals surface area (Å²) in [6, 6.07) is 4.70. The second-order valence-corrected chi connectivity index (χ2v) is 5.68. The van der Waals surface area contributed by atoms with E-state index >= 15 is 0 Å². The van der Waals surface area contributed by atoms with Crippen molar-refractivity contribution in [1.82, 2.24) is 5.32 Å². The minimum Gasteiger partial charge on any atom is -0.313 e. The molecular formula is C15H21ClFN. The van der Waals surface area contributed by atoms with Crippen LogP contribution in [0.25, 0.3) is 0 Å². The second-order valence-electron chi connectivity index (χ2n) is 5.25. The molecule has 18 heavy (non-hydrogen) atoms. The molecule has 0 bridgehead atoms. The molecule has 1 aromatic rings. The van der Waals surface area contributed by atoms with Gasteiger partial charge in [0.15, 0.2) is 0 Å². The smallest absolute Gasteiger partial charge is 0.125 e. The molecule has 1 saturated carbocycles. The van der Waals surface area contributed by atoms with E-state index in [-0.39, 0.29) is 5.82 Å². The summed E-state index contributed by atoms with van der Waals surface area (Å²) >= 11 is 5.82. The van der Waals surface area contributed by atoms with E-state index in [1.807, 2.05) is 6.07 Å². The fraction of sp³-hybridized carbons (Fsp3) is 0.600. The van der Waals surface area contributed by atoms with Crippen molar-refractivity contribution in [3.05, 3.63) is 34.6 Å². The van der Waals surface area contributed by atoms with Gasteiger partial charge in [-0.05, 0) is 42.6 Å². The van der Waals surface area contributed by atoms with Crippen molar-refractivity contribution in [3.63, 3.8) is 0 Å². The summed E-state index contributed by atoms with van der Waals surface area (Å²) < 4.78 is 13.1. The first-order valence-electron chi connectivity index (χ1n) is 6.90. The van der Waals surface area contributed by atoms with Crippen molar-refractivity contribution < 1.29 is 4.39 Å². The molecule has 1 nitrogen and oxygen atoms in total. The predicted octanol–water partition coefficient (Wildman–Crippen LogP) is 4.54. The molecule has 2 rings (SSSR count). The fourth-order valence-electron chi connectivity index (χ4n) is 2.73. The molecule has 100 valence electrons. The van der Waals surface area contributed by atoms with Crippen molar-refractivity contribution >= 4 is 11.6 Å². The highest BCUT2D eigenvalue weighted by molar-refractivity contribution is 6.30. The first-order valence-corrected chi connectivity index (χ1v) is 7.27. The number of hydrogen-bond donors (Lipinski definition) is 1. The van der Waals surface area contributed by atoms with Crippen molar-refractivity contribution in [1.29, 1.82) is 0 Å². The molecule has 0 spiro atoms. The van der Waals surface area contributed by atoms with Crippen LogP contribution in [-0.4, -0.2) is 6.54 Å². The fourth-order valence-corrected chi connectivity index (χ4v) is 2.97. The Labute approximate surface area is 114 Å². The lowest BCUT2D eigenvalue weighted by atomic mass is 9.87. The van der Waals surface area contributed by atoms with Crippen molar-refractivity contribution in [2.45, 2.75) is 45.1 Å². The van der Waals surface area contributed by atoms with Gasteiger partial charge >= 0.3 is 0 Å². The Hall–Kier alpha value is -0.600. The molecule has 1 aliphatic rings. The van der Waals surface area contributed by atoms with Crippen LogP contribution in [0.4, 0.5) is 4.39 Å². The van der Waals surface area contributed by atoms with E-state index in [9.17, 15) is 4.39 Å². The maximum Gasteiger partial charge on any atom is 0.125 e. The summed E-state index contributed by atoms with van der Waals surface area (Å²) in [4.78, 5) is 0. The zero-order chi connectivity index (χ0) is 12.8. The number of rotatable bonds is 5. The van der Waals surface area contributed by atoms with Crippen LogP contribution in [0.1, 0.15) is 44.1 Å². The Morgan fingerprint density at radius 2 is 1.94 bits per heavy atom. The van der Waals surface area contributed by atoms with Gasteiger partial charge in [-0.2, -0.15) is 0 Å². The lowest BCUT2D eigenvalue weighted by molar-refractivity contribution is 0.334. The van der Waals surface area contributed by atoms with Crippen LogP contribution >= 0.6 is 11.6 Å². The average molecular weight is 270 g/mol. The van der Waals surface area contributed by atoms with E-state index in [1.54, 1.807) is 6.07 Å². The van der Waals surface area contributed by atoms with Gasteiger partial charge in [0.2, 0.25) is 0 Å². The standard InChI is InChI=1S/C15H21ClFN/c16-14-8-13(9-15(17)10-14)11-18-7-6-12-4-2-1-3-5-12/h8-10,12,18H,1-7,11H2. The largest absolute Gasteiger partial charge is 0.313 e. The van der Waals surface area contributed by atoms with Crippen LogP contribution in [0.15, 0.2) is 18.2 Å². The highest BCUT2D eigenvalue weighted by Gasteiger charge is 2.12. The normalized spacial score (nSPS) is 17.0. The molecule has 0 aliphatic heterocycles. The molecule has 1 aromatic carbocycles. The van der Waals surface area contributed by atoms with Gasteiger partial charge in [-0.15, -0.1) is 0 Å². The zero-order valence-electron chi connectivity index (χ0n) is 10.7. The zero-order valence-corrected chi connectivity index (χ0v) is 11.5. The van der Waals surface area contributed by atoms with Gasteiger partial charge in [0, 0.05) is 11.6 Å². The molecule has 1 aliphatic carbocycles. The molecule has 1 N–H and O–H groups in total. The van der Waals surface area contributed by atoms with E-state index < -0.39 is 0 Å². The average Bonchev–Trinajstić information content (AvgIpc) is 2.35. The molecule has 1 fully saturated rings. The Bertz CT molecular complexity index is 355. The highest BCUT2D eigenvalue weighted by atomic mass is 35.5. The summed E-state index contributed by atoms with van der Waals surface area (Å²) in [7, 11) is 0. The van der Waals surface area contributed by atoms with Crippen molar-refractivity contribution in [2.24, 2.45) is 5.92 Å². The summed E-state index contributed by atoms with van der Waals surface area (Å²) in [5, 5.41) is 3.85. The van der Waals surface area contributed by atoms with Crippen molar-refractivity contribution in [2.75, 3.05) is 6.54 Å². The van der Waals surface area contributed by atoms with Crippen LogP contribution in [0.5, 0.6) is 0 Å². The second kappa shape index (κ2) is 7.10. The van der Waals surface area contributed by atoms with Crippen LogP contribution in [0.2, 0.25) is 5.02 Å². The molecule has 0 saturated heterocycles. The quantitative estimate of drug-likeness (QED) is 0.774. The molecule has 0 atom stereocenters. The summed E-state index contributed by atoms with van der Waals surface area (Å²) in [5.74, 6) is 0.633. The van der Waals surface area contributed by atoms with Gasteiger partial charge in [-0.25, -0.2) is 4.39 Å². The number of benzene rings is 1. The van der Waals surface area contributed by atoms with Crippen molar-refractivity contribution in [3.8, 4) is 0 Å². The van der Waals surface area contributed by atoms with Crippen LogP contribution < -0.4 is 5.32 Å². The van der Waals surface area contributed by atoms with Gasteiger partial charge in [0.1, 0.15) is 5.82 Å². The Morgan fingerprint density at radius 1 is 1.17 bits per heavy atom. The number of nitrogens with one attached hydrogen (secondary N) is 1. The van der Waals surface area contributed by atoms with Crippen LogP contribution in [0.3, 0.4) is 0 Å². The first-order chi connectivity index (χ1) is 8.74. The molecule has 0 amide bonds. The molecule has 3 heteroatoms. The van der Waals surface area contributed by atoms with Gasteiger partial charge in [0.05, 0.1) is 0 Å². The summed E-state index contributed by atoms with van der Waals surface area (Å²) in [5.41, 5.74) is 0.920. The van der Waals surface area contributed by atoms with Gasteiger partial charge in [0.25, 0.3) is 0 Å². The number of hydrogen-bond acceptors (Lipinski definition) is 1. The monoisotopic (exact) mass is 269 g/mol. The third-order valence-electron chi connectivity index (χ3n) is 3.71. The van der Waals surface area contributed by atoms with Crippen LogP contribution in [-0.2, 0) is 6.54 Å². The van der Waals surface area contributed by atoms with Crippen LogP contribution in [0, 0.1) is 11.7 Å². The Balaban J connectivity index is 1.68. The SMILES string of the molecule is Fc1cc(Cl)cc(CNCCC2CCCCC2)c1. The van der Waals surface area contributed by atoms with E-state index in [0.29, 0.717) is 11.6 Å². The summed E-state index contributed by atoms with van der Waals surface area (Å²) in [6.07, 6.45) is 8.20. The lowest BCUT2D eigenvalue weighted by Crippen LogP contribution is -2.19. The van der Waals surface area contributed by atoms with Gasteiger partial charge < -0.3 is 5.32 Å². The Kier molecular flexibility index (Phi) is 5.45. The first kappa shape index (κ1) is 13.8. The van der Waals surface area contributed by atoms with Gasteiger partial charge in [-0.1, -0.05) is 43.7 Å². The van der Waals surface area contributed by atoms with E-state index in [0.717, 1.165) is 18.0 Å².